The Kier molecular flexibility index (Phi) is 3.64. The molecule has 0 aliphatic heterocycles. The highest BCUT2D eigenvalue weighted by Gasteiger charge is 2.10. The van der Waals surface area contributed by atoms with Crippen LogP contribution in [0.3, 0.4) is 0 Å². The van der Waals surface area contributed by atoms with Crippen molar-refractivity contribution in [2.75, 3.05) is 0 Å². The van der Waals surface area contributed by atoms with E-state index in [1.165, 1.54) is 6.07 Å². The van der Waals surface area contributed by atoms with Crippen molar-refractivity contribution in [1.82, 2.24) is 0 Å². The molecule has 2 rings (SSSR count). The maximum atomic E-state index is 13.4. The molecule has 0 saturated carbocycles. The summed E-state index contributed by atoms with van der Waals surface area (Å²) in [5.41, 5.74) is 2.52. The van der Waals surface area contributed by atoms with Gasteiger partial charge in [0.25, 0.3) is 0 Å². The minimum Gasteiger partial charge on any atom is -0.205 e. The first kappa shape index (κ1) is 12.6. The molecule has 0 N–H and O–H groups in total. The summed E-state index contributed by atoms with van der Waals surface area (Å²) in [5, 5.41) is 8.87. The average molecular weight is 260 g/mol. The summed E-state index contributed by atoms with van der Waals surface area (Å²) in [5.74, 6) is -0.348. The minimum atomic E-state index is -0.408. The molecule has 1 nitrogen and oxygen atoms in total. The number of benzene rings is 2. The lowest BCUT2D eigenvalue weighted by Crippen LogP contribution is -1.97. The summed E-state index contributed by atoms with van der Waals surface area (Å²) in [6, 6.07) is 14.2. The molecule has 0 aliphatic carbocycles. The van der Waals surface area contributed by atoms with Crippen molar-refractivity contribution in [1.29, 1.82) is 5.26 Å². The van der Waals surface area contributed by atoms with Crippen LogP contribution in [0.1, 0.15) is 29.5 Å². The van der Waals surface area contributed by atoms with E-state index in [2.05, 4.69) is 6.07 Å². The van der Waals surface area contributed by atoms with Gasteiger partial charge in [0.15, 0.2) is 0 Å². The SMILES string of the molecule is CC(c1ccc(C#N)cc1)c1ccc(Cl)c(F)c1. The molecular weight excluding hydrogens is 249 g/mol. The Labute approximate surface area is 110 Å². The molecule has 18 heavy (non-hydrogen) atoms. The third-order valence-electron chi connectivity index (χ3n) is 2.98. The van der Waals surface area contributed by atoms with Crippen LogP contribution in [0.15, 0.2) is 42.5 Å². The van der Waals surface area contributed by atoms with E-state index in [0.717, 1.165) is 11.1 Å². The highest BCUT2D eigenvalue weighted by molar-refractivity contribution is 6.30. The fraction of sp³-hybridized carbons (Fsp3) is 0.133. The zero-order chi connectivity index (χ0) is 13.1. The molecule has 1 unspecified atom stereocenters. The minimum absolute atomic E-state index is 0.0597. The molecule has 0 amide bonds. The predicted octanol–water partition coefficient (Wildman–Crippen LogP) is 4.50. The van der Waals surface area contributed by atoms with Crippen LogP contribution < -0.4 is 0 Å². The van der Waals surface area contributed by atoms with Gasteiger partial charge in [-0.1, -0.05) is 36.7 Å². The Bertz CT molecular complexity index is 599. The van der Waals surface area contributed by atoms with E-state index in [1.54, 1.807) is 18.2 Å². The average Bonchev–Trinajstić information content (AvgIpc) is 2.41. The van der Waals surface area contributed by atoms with E-state index in [-0.39, 0.29) is 10.9 Å². The van der Waals surface area contributed by atoms with Crippen LogP contribution in [0.4, 0.5) is 4.39 Å². The molecule has 0 radical (unpaired) electrons. The van der Waals surface area contributed by atoms with Crippen LogP contribution in [0.25, 0.3) is 0 Å². The molecule has 2 aromatic carbocycles. The first-order valence-electron chi connectivity index (χ1n) is 5.57. The highest BCUT2D eigenvalue weighted by Crippen LogP contribution is 2.27. The normalized spacial score (nSPS) is 11.9. The topological polar surface area (TPSA) is 23.8 Å². The van der Waals surface area contributed by atoms with Gasteiger partial charge < -0.3 is 0 Å². The van der Waals surface area contributed by atoms with Crippen LogP contribution in [-0.2, 0) is 0 Å². The number of rotatable bonds is 2. The third-order valence-corrected chi connectivity index (χ3v) is 3.29. The van der Waals surface area contributed by atoms with Gasteiger partial charge in [0.1, 0.15) is 5.82 Å². The van der Waals surface area contributed by atoms with E-state index in [4.69, 9.17) is 16.9 Å². The van der Waals surface area contributed by atoms with Crippen molar-refractivity contribution >= 4 is 11.6 Å². The highest BCUT2D eigenvalue weighted by atomic mass is 35.5. The molecular formula is C15H11ClFN. The Morgan fingerprint density at radius 1 is 1.11 bits per heavy atom. The standard InChI is InChI=1S/C15H11ClFN/c1-10(12-4-2-11(9-18)3-5-12)13-6-7-14(16)15(17)8-13/h2-8,10H,1H3. The Morgan fingerprint density at radius 2 is 1.72 bits per heavy atom. The molecule has 0 fully saturated rings. The lowest BCUT2D eigenvalue weighted by Gasteiger charge is -2.13. The van der Waals surface area contributed by atoms with Crippen LogP contribution in [0.5, 0.6) is 0 Å². The Hall–Kier alpha value is -1.85. The first-order chi connectivity index (χ1) is 8.61. The zero-order valence-corrected chi connectivity index (χ0v) is 10.6. The maximum absolute atomic E-state index is 13.4. The summed E-state index contributed by atoms with van der Waals surface area (Å²) >= 11 is 5.66. The molecule has 0 heterocycles. The van der Waals surface area contributed by atoms with Gasteiger partial charge in [0.05, 0.1) is 16.7 Å². The van der Waals surface area contributed by atoms with Gasteiger partial charge in [-0.2, -0.15) is 5.26 Å². The van der Waals surface area contributed by atoms with Crippen molar-refractivity contribution in [3.63, 3.8) is 0 Å². The monoisotopic (exact) mass is 259 g/mol. The second kappa shape index (κ2) is 5.20. The molecule has 90 valence electrons. The smallest absolute Gasteiger partial charge is 0.142 e. The lowest BCUT2D eigenvalue weighted by molar-refractivity contribution is 0.624. The van der Waals surface area contributed by atoms with Gasteiger partial charge >= 0.3 is 0 Å². The number of nitriles is 1. The molecule has 0 bridgehead atoms. The van der Waals surface area contributed by atoms with Crippen molar-refractivity contribution < 1.29 is 4.39 Å². The summed E-state index contributed by atoms with van der Waals surface area (Å²) in [4.78, 5) is 0. The molecule has 0 spiro atoms. The van der Waals surface area contributed by atoms with Gasteiger partial charge in [-0.25, -0.2) is 4.39 Å². The van der Waals surface area contributed by atoms with E-state index in [0.29, 0.717) is 5.56 Å². The number of hydrogen-bond acceptors (Lipinski definition) is 1. The fourth-order valence-electron chi connectivity index (χ4n) is 1.82. The first-order valence-corrected chi connectivity index (χ1v) is 5.94. The summed E-state index contributed by atoms with van der Waals surface area (Å²) in [7, 11) is 0. The summed E-state index contributed by atoms with van der Waals surface area (Å²) in [6.07, 6.45) is 0. The van der Waals surface area contributed by atoms with Gasteiger partial charge in [0, 0.05) is 5.92 Å². The predicted molar refractivity (Wildman–Crippen MR) is 70.1 cm³/mol. The molecule has 0 aliphatic rings. The van der Waals surface area contributed by atoms with Gasteiger partial charge in [0.2, 0.25) is 0 Å². The van der Waals surface area contributed by atoms with Crippen molar-refractivity contribution in [2.45, 2.75) is 12.8 Å². The van der Waals surface area contributed by atoms with Crippen LogP contribution >= 0.6 is 11.6 Å². The largest absolute Gasteiger partial charge is 0.205 e. The third kappa shape index (κ3) is 2.52. The lowest BCUT2D eigenvalue weighted by atomic mass is 9.92. The van der Waals surface area contributed by atoms with Crippen molar-refractivity contribution in [2.24, 2.45) is 0 Å². The van der Waals surface area contributed by atoms with E-state index in [1.807, 2.05) is 25.1 Å². The number of nitrogens with zero attached hydrogens (tertiary/aromatic N) is 1. The molecule has 0 aromatic heterocycles. The number of halogens is 2. The molecule has 3 heteroatoms. The number of hydrogen-bond donors (Lipinski definition) is 0. The van der Waals surface area contributed by atoms with Crippen molar-refractivity contribution in [3.8, 4) is 6.07 Å². The second-order valence-corrected chi connectivity index (χ2v) is 4.54. The summed E-state index contributed by atoms with van der Waals surface area (Å²) < 4.78 is 13.4. The van der Waals surface area contributed by atoms with Crippen molar-refractivity contribution in [3.05, 3.63) is 70.0 Å². The quantitative estimate of drug-likeness (QED) is 0.779. The van der Waals surface area contributed by atoms with Crippen LogP contribution in [-0.4, -0.2) is 0 Å². The Morgan fingerprint density at radius 3 is 2.28 bits per heavy atom. The summed E-state index contributed by atoms with van der Waals surface area (Å²) in [6.45, 7) is 1.99. The molecule has 2 aromatic rings. The van der Waals surface area contributed by atoms with E-state index < -0.39 is 5.82 Å². The van der Waals surface area contributed by atoms with Gasteiger partial charge in [-0.15, -0.1) is 0 Å². The van der Waals surface area contributed by atoms with E-state index >= 15 is 0 Å². The Balaban J connectivity index is 2.32. The van der Waals surface area contributed by atoms with Gasteiger partial charge in [-0.05, 0) is 35.4 Å². The zero-order valence-electron chi connectivity index (χ0n) is 9.82. The van der Waals surface area contributed by atoms with Gasteiger partial charge in [-0.3, -0.25) is 0 Å². The van der Waals surface area contributed by atoms with Crippen LogP contribution in [0.2, 0.25) is 5.02 Å². The second-order valence-electron chi connectivity index (χ2n) is 4.13. The van der Waals surface area contributed by atoms with Crippen LogP contribution in [0, 0.1) is 17.1 Å². The maximum Gasteiger partial charge on any atom is 0.142 e. The fourth-order valence-corrected chi connectivity index (χ4v) is 1.94. The molecule has 0 saturated heterocycles. The van der Waals surface area contributed by atoms with E-state index in [9.17, 15) is 4.39 Å². The molecule has 1 atom stereocenters.